The highest BCUT2D eigenvalue weighted by Gasteiger charge is 2.12. The standard InChI is InChI=1S/C22H22N2S/c1-14(2)20-13-23-18-9-8-16(11-19(18)24-20)10-15(3)22-12-17-6-4-5-7-21(17)25-22/h4-9,11-15H,10H2,1-3H3. The van der Waals surface area contributed by atoms with Crippen molar-refractivity contribution in [1.82, 2.24) is 9.97 Å². The molecule has 2 heterocycles. The van der Waals surface area contributed by atoms with E-state index in [1.54, 1.807) is 0 Å². The van der Waals surface area contributed by atoms with Crippen LogP contribution >= 0.6 is 11.3 Å². The fourth-order valence-electron chi connectivity index (χ4n) is 3.18. The Morgan fingerprint density at radius 1 is 0.960 bits per heavy atom. The topological polar surface area (TPSA) is 25.8 Å². The zero-order valence-corrected chi connectivity index (χ0v) is 15.7. The average molecular weight is 346 g/mol. The molecule has 25 heavy (non-hydrogen) atoms. The molecule has 0 N–H and O–H groups in total. The van der Waals surface area contributed by atoms with Crippen molar-refractivity contribution in [3.05, 3.63) is 70.9 Å². The van der Waals surface area contributed by atoms with Gasteiger partial charge < -0.3 is 0 Å². The third-order valence-electron chi connectivity index (χ3n) is 4.69. The first-order chi connectivity index (χ1) is 12.1. The second-order valence-electron chi connectivity index (χ2n) is 7.06. The number of rotatable bonds is 4. The number of benzene rings is 2. The lowest BCUT2D eigenvalue weighted by Gasteiger charge is -2.11. The monoisotopic (exact) mass is 346 g/mol. The highest BCUT2D eigenvalue weighted by molar-refractivity contribution is 7.19. The SMILES string of the molecule is CC(C)c1cnc2ccc(CC(C)c3cc4ccccc4s3)cc2n1. The molecule has 4 rings (SSSR count). The lowest BCUT2D eigenvalue weighted by molar-refractivity contribution is 0.775. The Morgan fingerprint density at radius 2 is 1.80 bits per heavy atom. The van der Waals surface area contributed by atoms with E-state index in [4.69, 9.17) is 4.98 Å². The summed E-state index contributed by atoms with van der Waals surface area (Å²) in [5, 5.41) is 1.35. The zero-order valence-electron chi connectivity index (χ0n) is 14.9. The summed E-state index contributed by atoms with van der Waals surface area (Å²) in [5.41, 5.74) is 4.37. The summed E-state index contributed by atoms with van der Waals surface area (Å²) in [6.45, 7) is 6.62. The van der Waals surface area contributed by atoms with Crippen LogP contribution in [0.4, 0.5) is 0 Å². The van der Waals surface area contributed by atoms with E-state index in [1.165, 1.54) is 20.5 Å². The Kier molecular flexibility index (Phi) is 4.26. The van der Waals surface area contributed by atoms with Gasteiger partial charge >= 0.3 is 0 Å². The average Bonchev–Trinajstić information content (AvgIpc) is 3.05. The van der Waals surface area contributed by atoms with Crippen LogP contribution < -0.4 is 0 Å². The van der Waals surface area contributed by atoms with Gasteiger partial charge in [0.1, 0.15) is 0 Å². The van der Waals surface area contributed by atoms with Crippen LogP contribution in [0.25, 0.3) is 21.1 Å². The van der Waals surface area contributed by atoms with Crippen LogP contribution in [-0.2, 0) is 6.42 Å². The van der Waals surface area contributed by atoms with E-state index in [-0.39, 0.29) is 0 Å². The minimum absolute atomic E-state index is 0.401. The summed E-state index contributed by atoms with van der Waals surface area (Å²) in [6.07, 6.45) is 2.92. The number of hydrogen-bond acceptors (Lipinski definition) is 3. The Morgan fingerprint density at radius 3 is 2.60 bits per heavy atom. The summed E-state index contributed by atoms with van der Waals surface area (Å²) < 4.78 is 1.37. The molecule has 1 unspecified atom stereocenters. The molecular weight excluding hydrogens is 324 g/mol. The van der Waals surface area contributed by atoms with Gasteiger partial charge in [0.2, 0.25) is 0 Å². The van der Waals surface area contributed by atoms with E-state index in [9.17, 15) is 0 Å². The van der Waals surface area contributed by atoms with E-state index < -0.39 is 0 Å². The predicted molar refractivity (Wildman–Crippen MR) is 108 cm³/mol. The van der Waals surface area contributed by atoms with Crippen LogP contribution in [0.1, 0.15) is 48.7 Å². The summed E-state index contributed by atoms with van der Waals surface area (Å²) in [6, 6.07) is 17.4. The molecule has 0 aliphatic heterocycles. The number of nitrogens with zero attached hydrogens (tertiary/aromatic N) is 2. The maximum absolute atomic E-state index is 4.79. The zero-order chi connectivity index (χ0) is 17.4. The van der Waals surface area contributed by atoms with Crippen molar-refractivity contribution in [3.8, 4) is 0 Å². The van der Waals surface area contributed by atoms with Crippen molar-refractivity contribution in [2.45, 2.75) is 39.0 Å². The molecule has 0 fully saturated rings. The van der Waals surface area contributed by atoms with Crippen LogP contribution in [0, 0.1) is 0 Å². The van der Waals surface area contributed by atoms with Gasteiger partial charge in [0.15, 0.2) is 0 Å². The molecule has 0 amide bonds. The summed E-state index contributed by atoms with van der Waals surface area (Å²) in [5.74, 6) is 0.897. The number of thiophene rings is 1. The quantitative estimate of drug-likeness (QED) is 0.432. The smallest absolute Gasteiger partial charge is 0.0892 e. The first kappa shape index (κ1) is 16.2. The maximum Gasteiger partial charge on any atom is 0.0892 e. The van der Waals surface area contributed by atoms with Crippen LogP contribution in [0.5, 0.6) is 0 Å². The van der Waals surface area contributed by atoms with Gasteiger partial charge in [0, 0.05) is 15.8 Å². The molecular formula is C22H22N2S. The van der Waals surface area contributed by atoms with Gasteiger partial charge in [-0.05, 0) is 53.5 Å². The molecule has 0 aliphatic rings. The Hall–Kier alpha value is -2.26. The van der Waals surface area contributed by atoms with Gasteiger partial charge in [-0.1, -0.05) is 45.0 Å². The van der Waals surface area contributed by atoms with E-state index >= 15 is 0 Å². The molecule has 0 spiro atoms. The number of aromatic nitrogens is 2. The third kappa shape index (κ3) is 3.29. The summed E-state index contributed by atoms with van der Waals surface area (Å²) in [4.78, 5) is 10.8. The van der Waals surface area contributed by atoms with Crippen molar-refractivity contribution in [2.24, 2.45) is 0 Å². The van der Waals surface area contributed by atoms with E-state index in [1.807, 2.05) is 17.5 Å². The first-order valence-electron chi connectivity index (χ1n) is 8.84. The molecule has 0 saturated carbocycles. The Bertz CT molecular complexity index is 1000. The number of fused-ring (bicyclic) bond motifs is 2. The Balaban J connectivity index is 1.62. The van der Waals surface area contributed by atoms with Crippen LogP contribution in [0.2, 0.25) is 0 Å². The van der Waals surface area contributed by atoms with Gasteiger partial charge in [-0.2, -0.15) is 0 Å². The van der Waals surface area contributed by atoms with Crippen LogP contribution in [0.15, 0.2) is 54.7 Å². The molecule has 4 aromatic rings. The molecule has 2 aromatic carbocycles. The normalized spacial score (nSPS) is 13.0. The molecule has 3 heteroatoms. The third-order valence-corrected chi connectivity index (χ3v) is 6.04. The lowest BCUT2D eigenvalue weighted by Crippen LogP contribution is -1.98. The fourth-order valence-corrected chi connectivity index (χ4v) is 4.29. The largest absolute Gasteiger partial charge is 0.253 e. The van der Waals surface area contributed by atoms with Crippen molar-refractivity contribution < 1.29 is 0 Å². The van der Waals surface area contributed by atoms with Crippen molar-refractivity contribution >= 4 is 32.5 Å². The van der Waals surface area contributed by atoms with Crippen LogP contribution in [-0.4, -0.2) is 9.97 Å². The molecule has 2 aromatic heterocycles. The van der Waals surface area contributed by atoms with E-state index in [0.29, 0.717) is 11.8 Å². The number of hydrogen-bond donors (Lipinski definition) is 0. The molecule has 1 atom stereocenters. The Labute approximate surface area is 152 Å². The molecule has 0 saturated heterocycles. The second-order valence-corrected chi connectivity index (χ2v) is 8.18. The minimum Gasteiger partial charge on any atom is -0.253 e. The highest BCUT2D eigenvalue weighted by Crippen LogP contribution is 2.32. The second kappa shape index (κ2) is 6.57. The summed E-state index contributed by atoms with van der Waals surface area (Å²) >= 11 is 1.91. The van der Waals surface area contributed by atoms with Crippen LogP contribution in [0.3, 0.4) is 0 Å². The van der Waals surface area contributed by atoms with Crippen molar-refractivity contribution in [1.29, 1.82) is 0 Å². The summed E-state index contributed by atoms with van der Waals surface area (Å²) in [7, 11) is 0. The predicted octanol–water partition coefficient (Wildman–Crippen LogP) is 6.31. The fraction of sp³-hybridized carbons (Fsp3) is 0.273. The maximum atomic E-state index is 4.79. The minimum atomic E-state index is 0.401. The molecule has 2 nitrogen and oxygen atoms in total. The van der Waals surface area contributed by atoms with Crippen molar-refractivity contribution in [2.75, 3.05) is 0 Å². The van der Waals surface area contributed by atoms with Gasteiger partial charge in [0.05, 0.1) is 16.7 Å². The van der Waals surface area contributed by atoms with Gasteiger partial charge in [-0.15, -0.1) is 11.3 Å². The van der Waals surface area contributed by atoms with Gasteiger partial charge in [-0.3, -0.25) is 4.98 Å². The molecule has 0 bridgehead atoms. The lowest BCUT2D eigenvalue weighted by atomic mass is 9.99. The first-order valence-corrected chi connectivity index (χ1v) is 9.66. The van der Waals surface area contributed by atoms with E-state index in [2.05, 4.69) is 74.3 Å². The van der Waals surface area contributed by atoms with Gasteiger partial charge in [0.25, 0.3) is 0 Å². The molecule has 0 radical (unpaired) electrons. The van der Waals surface area contributed by atoms with Gasteiger partial charge in [-0.25, -0.2) is 4.98 Å². The molecule has 0 aliphatic carbocycles. The van der Waals surface area contributed by atoms with Crippen molar-refractivity contribution in [3.63, 3.8) is 0 Å². The molecule has 126 valence electrons. The van der Waals surface area contributed by atoms with E-state index in [0.717, 1.165) is 23.1 Å². The highest BCUT2D eigenvalue weighted by atomic mass is 32.1.